The third-order valence-corrected chi connectivity index (χ3v) is 7.60. The number of hydrogen-bond acceptors (Lipinski definition) is 9. The number of rotatable bonds is 17. The molecule has 0 heterocycles. The molecule has 0 unspecified atom stereocenters. The Morgan fingerprint density at radius 3 is 2.11 bits per heavy atom. The first kappa shape index (κ1) is 36.2. The van der Waals surface area contributed by atoms with Crippen LogP contribution in [-0.4, -0.2) is 93.1 Å². The molecule has 0 aliphatic carbocycles. The Bertz CT molecular complexity index is 792. The van der Waals surface area contributed by atoms with Crippen LogP contribution in [-0.2, 0) is 28.7 Å². The third-order valence-electron chi connectivity index (χ3n) is 5.33. The Kier molecular flexibility index (Phi) is 17.6. The molecular formula is C25H46N4O7SSe. The Balaban J connectivity index is 5.09. The number of carbonyl (C=O) groups excluding carboxylic acids is 5. The first-order chi connectivity index (χ1) is 17.6. The van der Waals surface area contributed by atoms with E-state index in [1.807, 2.05) is 34.0 Å². The molecule has 0 saturated heterocycles. The van der Waals surface area contributed by atoms with Crippen LogP contribution in [0.2, 0.25) is 0 Å². The average molecular weight is 626 g/mol. The number of nitrogens with one attached hydrogen (secondary N) is 4. The van der Waals surface area contributed by atoms with E-state index < -0.39 is 56.9 Å². The molecule has 0 aliphatic heterocycles. The standard InChI is InChI=1S/C25H46N4O7SSe/c1-10-16(4)20(23(33)35-8)28-22(32)17(11-12-37-9)29-38-19(30)14-26-21(31)18(13-15(2)3)27-24(34)36-25(5,6)7/h15-18,20,29H,10-14H2,1-9H3,(H,26,31)(H,27,34)(H,28,32)/t16-,17-,18-,20-/m0/s1. The zero-order valence-corrected chi connectivity index (χ0v) is 26.6. The van der Waals surface area contributed by atoms with Crippen LogP contribution in [0.3, 0.4) is 0 Å². The summed E-state index contributed by atoms with van der Waals surface area (Å²) in [5.41, 5.74) is -0.711. The third kappa shape index (κ3) is 15.6. The summed E-state index contributed by atoms with van der Waals surface area (Å²) in [7, 11) is 1.28. The van der Waals surface area contributed by atoms with E-state index in [2.05, 4.69) is 20.3 Å². The Hall–Kier alpha value is -1.82. The van der Waals surface area contributed by atoms with Gasteiger partial charge in [-0.25, -0.2) is 0 Å². The van der Waals surface area contributed by atoms with Gasteiger partial charge in [0.05, 0.1) is 0 Å². The van der Waals surface area contributed by atoms with Crippen molar-refractivity contribution >= 4 is 55.5 Å². The fourth-order valence-electron chi connectivity index (χ4n) is 3.14. The van der Waals surface area contributed by atoms with Crippen LogP contribution < -0.4 is 20.3 Å². The van der Waals surface area contributed by atoms with Crippen molar-refractivity contribution in [2.24, 2.45) is 11.8 Å². The fourth-order valence-corrected chi connectivity index (χ4v) is 4.96. The van der Waals surface area contributed by atoms with Gasteiger partial charge in [0.1, 0.15) is 0 Å². The van der Waals surface area contributed by atoms with Crippen molar-refractivity contribution in [1.29, 1.82) is 0 Å². The van der Waals surface area contributed by atoms with Crippen LogP contribution >= 0.6 is 11.8 Å². The second-order valence-electron chi connectivity index (χ2n) is 10.4. The number of alkyl carbamates (subject to hydrolysis) is 1. The maximum atomic E-state index is 13.0. The summed E-state index contributed by atoms with van der Waals surface area (Å²) in [6.45, 7) is 12.5. The quantitative estimate of drug-likeness (QED) is 0.140. The number of esters is 1. The van der Waals surface area contributed by atoms with Crippen LogP contribution in [0.25, 0.3) is 0 Å². The second-order valence-corrected chi connectivity index (χ2v) is 13.2. The van der Waals surface area contributed by atoms with Gasteiger partial charge in [0.2, 0.25) is 0 Å². The van der Waals surface area contributed by atoms with Crippen LogP contribution in [0.4, 0.5) is 4.79 Å². The Morgan fingerprint density at radius 1 is 0.974 bits per heavy atom. The van der Waals surface area contributed by atoms with Gasteiger partial charge in [-0.2, -0.15) is 0 Å². The summed E-state index contributed by atoms with van der Waals surface area (Å²) in [5.74, 6) is -0.723. The molecule has 0 spiro atoms. The number of amides is 3. The SMILES string of the molecule is CC[C@H](C)[C@H](NC(=O)[C@H](CCSC)N[Se]C(=O)CNC(=O)[C@H](CC(C)C)NC(=O)OC(C)(C)C)C(=O)OC. The van der Waals surface area contributed by atoms with Gasteiger partial charge in [-0.3, -0.25) is 0 Å². The molecule has 38 heavy (non-hydrogen) atoms. The van der Waals surface area contributed by atoms with Gasteiger partial charge >= 0.3 is 238 Å². The van der Waals surface area contributed by atoms with Gasteiger partial charge in [0, 0.05) is 0 Å². The molecule has 0 bridgehead atoms. The molecule has 0 aromatic heterocycles. The van der Waals surface area contributed by atoms with Gasteiger partial charge in [0.25, 0.3) is 0 Å². The van der Waals surface area contributed by atoms with Crippen LogP contribution in [0.1, 0.15) is 67.7 Å². The molecule has 13 heteroatoms. The summed E-state index contributed by atoms with van der Waals surface area (Å²) in [5, 5.41) is 7.92. The van der Waals surface area contributed by atoms with Crippen LogP contribution in [0.15, 0.2) is 0 Å². The molecule has 0 aliphatic rings. The minimum atomic E-state index is -0.853. The summed E-state index contributed by atoms with van der Waals surface area (Å²) in [6, 6.07) is -2.32. The minimum absolute atomic E-state index is 0.113. The topological polar surface area (TPSA) is 152 Å². The molecule has 4 atom stereocenters. The van der Waals surface area contributed by atoms with Crippen molar-refractivity contribution in [2.45, 2.75) is 91.5 Å². The predicted octanol–water partition coefficient (Wildman–Crippen LogP) is 1.60. The summed E-state index contributed by atoms with van der Waals surface area (Å²) in [4.78, 5) is 62.6. The predicted molar refractivity (Wildman–Crippen MR) is 150 cm³/mol. The second kappa shape index (κ2) is 18.5. The van der Waals surface area contributed by atoms with Crippen LogP contribution in [0, 0.1) is 11.8 Å². The van der Waals surface area contributed by atoms with Crippen molar-refractivity contribution < 1.29 is 33.4 Å². The zero-order valence-electron chi connectivity index (χ0n) is 24.1. The van der Waals surface area contributed by atoms with E-state index in [1.54, 1.807) is 32.5 Å². The van der Waals surface area contributed by atoms with Gasteiger partial charge in [-0.15, -0.1) is 0 Å². The first-order valence-corrected chi connectivity index (χ1v) is 15.8. The monoisotopic (exact) mass is 626 g/mol. The van der Waals surface area contributed by atoms with Gasteiger partial charge in [0.15, 0.2) is 0 Å². The van der Waals surface area contributed by atoms with Crippen molar-refractivity contribution in [3.63, 3.8) is 0 Å². The van der Waals surface area contributed by atoms with E-state index in [9.17, 15) is 24.0 Å². The van der Waals surface area contributed by atoms with E-state index in [0.29, 0.717) is 25.0 Å². The molecule has 0 saturated carbocycles. The van der Waals surface area contributed by atoms with E-state index in [4.69, 9.17) is 9.47 Å². The summed E-state index contributed by atoms with van der Waals surface area (Å²) >= 11 is 0.752. The number of carbonyl (C=O) groups is 5. The zero-order chi connectivity index (χ0) is 29.5. The molecule has 0 aromatic rings. The van der Waals surface area contributed by atoms with Crippen molar-refractivity contribution in [3.05, 3.63) is 0 Å². The number of methoxy groups -OCH3 is 1. The fraction of sp³-hybridized carbons (Fsp3) is 0.800. The van der Waals surface area contributed by atoms with Gasteiger partial charge in [-0.1, -0.05) is 0 Å². The average Bonchev–Trinajstić information content (AvgIpc) is 2.82. The normalized spacial score (nSPS) is 14.6. The molecule has 220 valence electrons. The molecule has 0 aromatic carbocycles. The maximum absolute atomic E-state index is 13.0. The molecule has 0 radical (unpaired) electrons. The van der Waals surface area contributed by atoms with E-state index >= 15 is 0 Å². The number of ether oxygens (including phenoxy) is 2. The van der Waals surface area contributed by atoms with Gasteiger partial charge < -0.3 is 0 Å². The van der Waals surface area contributed by atoms with Crippen molar-refractivity contribution in [2.75, 3.05) is 25.7 Å². The van der Waals surface area contributed by atoms with E-state index in [-0.39, 0.29) is 29.0 Å². The molecule has 11 nitrogen and oxygen atoms in total. The molecule has 4 N–H and O–H groups in total. The molecule has 3 amide bonds. The first-order valence-electron chi connectivity index (χ1n) is 12.7. The summed E-state index contributed by atoms with van der Waals surface area (Å²) < 4.78 is 12.8. The van der Waals surface area contributed by atoms with E-state index in [1.165, 1.54) is 7.11 Å². The number of hydrogen-bond donors (Lipinski definition) is 4. The number of thioether (sulfide) groups is 1. The van der Waals surface area contributed by atoms with Crippen molar-refractivity contribution in [1.82, 2.24) is 20.3 Å². The van der Waals surface area contributed by atoms with E-state index in [0.717, 1.165) is 0 Å². The Morgan fingerprint density at radius 2 is 1.61 bits per heavy atom. The summed E-state index contributed by atoms with van der Waals surface area (Å²) in [6.07, 6.45) is 2.71. The molecular weight excluding hydrogens is 579 g/mol. The van der Waals surface area contributed by atoms with Crippen molar-refractivity contribution in [3.8, 4) is 0 Å². The Labute approximate surface area is 237 Å². The molecule has 0 rings (SSSR count). The van der Waals surface area contributed by atoms with Crippen LogP contribution in [0.5, 0.6) is 0 Å². The molecule has 0 fully saturated rings. The van der Waals surface area contributed by atoms with Gasteiger partial charge in [-0.05, 0) is 0 Å².